The molecule has 1 fully saturated rings. The lowest BCUT2D eigenvalue weighted by Gasteiger charge is -2.30. The molecular weight excluding hydrogens is 350 g/mol. The van der Waals surface area contributed by atoms with Crippen molar-refractivity contribution in [3.05, 3.63) is 53.9 Å². The molecular formula is C20H24F2N4O. The van der Waals surface area contributed by atoms with E-state index in [1.807, 2.05) is 12.1 Å². The van der Waals surface area contributed by atoms with E-state index in [1.54, 1.807) is 31.4 Å². The molecule has 1 aliphatic heterocycles. The third kappa shape index (κ3) is 4.35. The number of aromatic nitrogens is 1. The van der Waals surface area contributed by atoms with Gasteiger partial charge in [0.15, 0.2) is 11.6 Å². The Kier molecular flexibility index (Phi) is 5.88. The molecule has 5 nitrogen and oxygen atoms in total. The molecule has 0 unspecified atom stereocenters. The maximum absolute atomic E-state index is 14.2. The summed E-state index contributed by atoms with van der Waals surface area (Å²) in [5.41, 5.74) is 0.998. The van der Waals surface area contributed by atoms with Crippen molar-refractivity contribution in [2.24, 2.45) is 0 Å². The second-order valence-corrected chi connectivity index (χ2v) is 6.95. The first-order chi connectivity index (χ1) is 13.0. The lowest BCUT2D eigenvalue weighted by molar-refractivity contribution is 0.189. The highest BCUT2D eigenvalue weighted by Crippen LogP contribution is 2.31. The van der Waals surface area contributed by atoms with Gasteiger partial charge in [0.2, 0.25) is 0 Å². The van der Waals surface area contributed by atoms with Crippen molar-refractivity contribution in [3.8, 4) is 0 Å². The van der Waals surface area contributed by atoms with Crippen molar-refractivity contribution in [2.45, 2.75) is 31.7 Å². The second kappa shape index (κ2) is 8.33. The Morgan fingerprint density at radius 1 is 1.15 bits per heavy atom. The van der Waals surface area contributed by atoms with E-state index in [0.29, 0.717) is 6.54 Å². The van der Waals surface area contributed by atoms with Crippen LogP contribution in [0, 0.1) is 11.6 Å². The van der Waals surface area contributed by atoms with E-state index < -0.39 is 11.6 Å². The number of pyridine rings is 1. The summed E-state index contributed by atoms with van der Waals surface area (Å²) in [6.07, 6.45) is 7.24. The molecule has 3 rings (SSSR count). The van der Waals surface area contributed by atoms with Crippen LogP contribution in [0.1, 0.15) is 37.3 Å². The third-order valence-corrected chi connectivity index (χ3v) is 4.82. The van der Waals surface area contributed by atoms with Crippen LogP contribution in [0.2, 0.25) is 0 Å². The number of benzene rings is 1. The summed E-state index contributed by atoms with van der Waals surface area (Å²) < 4.78 is 28.4. The number of rotatable bonds is 3. The molecule has 1 atom stereocenters. The first-order valence-corrected chi connectivity index (χ1v) is 9.11. The highest BCUT2D eigenvalue weighted by atomic mass is 19.1. The number of hydrogen-bond acceptors (Lipinski definition) is 3. The Labute approximate surface area is 158 Å². The van der Waals surface area contributed by atoms with E-state index in [9.17, 15) is 13.6 Å². The third-order valence-electron chi connectivity index (χ3n) is 4.82. The zero-order valence-electron chi connectivity index (χ0n) is 15.6. The maximum Gasteiger partial charge on any atom is 0.322 e. The number of carbonyl (C=O) groups excluding carboxylic acids is 1. The van der Waals surface area contributed by atoms with Gasteiger partial charge in [-0.15, -0.1) is 0 Å². The Balaban J connectivity index is 1.83. The molecule has 1 aromatic heterocycles. The molecule has 0 aliphatic carbocycles. The average Bonchev–Trinajstić information content (AvgIpc) is 2.87. The van der Waals surface area contributed by atoms with Crippen LogP contribution in [0.4, 0.5) is 25.0 Å². The summed E-state index contributed by atoms with van der Waals surface area (Å²) in [6.45, 7) is 0.597. The molecule has 27 heavy (non-hydrogen) atoms. The van der Waals surface area contributed by atoms with Gasteiger partial charge < -0.3 is 15.1 Å². The molecule has 0 saturated carbocycles. The fraction of sp³-hybridized carbons (Fsp3) is 0.400. The van der Waals surface area contributed by atoms with Crippen LogP contribution in [0.3, 0.4) is 0 Å². The molecule has 0 bridgehead atoms. The lowest BCUT2D eigenvalue weighted by Crippen LogP contribution is -2.38. The number of amides is 2. The lowest BCUT2D eigenvalue weighted by atomic mass is 10.0. The molecule has 1 N–H and O–H groups in total. The van der Waals surface area contributed by atoms with Gasteiger partial charge in [0.05, 0.1) is 6.04 Å². The minimum absolute atomic E-state index is 0.0776. The van der Waals surface area contributed by atoms with E-state index >= 15 is 0 Å². The standard InChI is InChI=1S/C20H24F2N4O/c1-25(2)19-16(21)12-15(13-17(19)22)24-20(27)26-11-5-3-4-6-18(26)14-7-9-23-10-8-14/h7-10,12-13,18H,3-6,11H2,1-2H3,(H,24,27)/t18-/m1/s1. The number of halogens is 2. The minimum atomic E-state index is -0.711. The number of nitrogens with one attached hydrogen (secondary N) is 1. The normalized spacial score (nSPS) is 17.3. The summed E-state index contributed by atoms with van der Waals surface area (Å²) in [5, 5.41) is 2.66. The predicted molar refractivity (Wildman–Crippen MR) is 102 cm³/mol. The maximum atomic E-state index is 14.2. The van der Waals surface area contributed by atoms with Crippen LogP contribution in [-0.2, 0) is 0 Å². The molecule has 0 spiro atoms. The number of anilines is 2. The largest absolute Gasteiger partial charge is 0.373 e. The SMILES string of the molecule is CN(C)c1c(F)cc(NC(=O)N2CCCCC[C@@H]2c2ccncc2)cc1F. The van der Waals surface area contributed by atoms with Gasteiger partial charge in [-0.3, -0.25) is 4.98 Å². The summed E-state index contributed by atoms with van der Waals surface area (Å²) >= 11 is 0. The fourth-order valence-electron chi connectivity index (χ4n) is 3.54. The average molecular weight is 374 g/mol. The van der Waals surface area contributed by atoms with Crippen molar-refractivity contribution in [1.29, 1.82) is 0 Å². The number of carbonyl (C=O) groups is 1. The zero-order valence-corrected chi connectivity index (χ0v) is 15.6. The molecule has 7 heteroatoms. The van der Waals surface area contributed by atoms with Crippen LogP contribution in [0.5, 0.6) is 0 Å². The Morgan fingerprint density at radius 3 is 2.44 bits per heavy atom. The second-order valence-electron chi connectivity index (χ2n) is 6.95. The van der Waals surface area contributed by atoms with Gasteiger partial charge in [0.1, 0.15) is 5.69 Å². The van der Waals surface area contributed by atoms with Crippen LogP contribution < -0.4 is 10.2 Å². The molecule has 1 aliphatic rings. The molecule has 1 saturated heterocycles. The Hall–Kier alpha value is -2.70. The van der Waals surface area contributed by atoms with Gasteiger partial charge >= 0.3 is 6.03 Å². The van der Waals surface area contributed by atoms with E-state index in [2.05, 4.69) is 10.3 Å². The fourth-order valence-corrected chi connectivity index (χ4v) is 3.54. The van der Waals surface area contributed by atoms with Crippen molar-refractivity contribution in [3.63, 3.8) is 0 Å². The van der Waals surface area contributed by atoms with Gasteiger partial charge in [-0.25, -0.2) is 13.6 Å². The monoisotopic (exact) mass is 374 g/mol. The van der Waals surface area contributed by atoms with E-state index in [4.69, 9.17) is 0 Å². The van der Waals surface area contributed by atoms with Crippen molar-refractivity contribution >= 4 is 17.4 Å². The number of hydrogen-bond donors (Lipinski definition) is 1. The molecule has 144 valence electrons. The van der Waals surface area contributed by atoms with Crippen LogP contribution in [0.15, 0.2) is 36.7 Å². The van der Waals surface area contributed by atoms with Crippen molar-refractivity contribution in [2.75, 3.05) is 30.9 Å². The van der Waals surface area contributed by atoms with Crippen molar-refractivity contribution in [1.82, 2.24) is 9.88 Å². The molecule has 2 heterocycles. The van der Waals surface area contributed by atoms with Gasteiger partial charge in [0, 0.05) is 38.7 Å². The van der Waals surface area contributed by atoms with Crippen molar-refractivity contribution < 1.29 is 13.6 Å². The molecule has 2 aromatic rings. The summed E-state index contributed by atoms with van der Waals surface area (Å²) in [6, 6.07) is 5.68. The number of likely N-dealkylation sites (tertiary alicyclic amines) is 1. The number of nitrogens with zero attached hydrogens (tertiary/aromatic N) is 3. The zero-order chi connectivity index (χ0) is 19.4. The van der Waals surface area contributed by atoms with Gasteiger partial charge in [-0.1, -0.05) is 12.8 Å². The van der Waals surface area contributed by atoms with Gasteiger partial charge in [0.25, 0.3) is 0 Å². The first-order valence-electron chi connectivity index (χ1n) is 9.11. The highest BCUT2D eigenvalue weighted by Gasteiger charge is 2.27. The van der Waals surface area contributed by atoms with Crippen LogP contribution >= 0.6 is 0 Å². The van der Waals surface area contributed by atoms with Gasteiger partial charge in [-0.05, 0) is 42.7 Å². The quantitative estimate of drug-likeness (QED) is 0.856. The first kappa shape index (κ1) is 19.1. The van der Waals surface area contributed by atoms with Gasteiger partial charge in [-0.2, -0.15) is 0 Å². The molecule has 1 aromatic carbocycles. The summed E-state index contributed by atoms with van der Waals surface area (Å²) in [5.74, 6) is -1.42. The van der Waals surface area contributed by atoms with E-state index in [1.165, 1.54) is 4.90 Å². The topological polar surface area (TPSA) is 48.5 Å². The van der Waals surface area contributed by atoms with Crippen LogP contribution in [-0.4, -0.2) is 36.6 Å². The highest BCUT2D eigenvalue weighted by molar-refractivity contribution is 5.90. The summed E-state index contributed by atoms with van der Waals surface area (Å²) in [7, 11) is 3.13. The van der Waals surface area contributed by atoms with E-state index in [0.717, 1.165) is 43.4 Å². The molecule has 2 amide bonds. The summed E-state index contributed by atoms with van der Waals surface area (Å²) in [4.78, 5) is 20.0. The Bertz CT molecular complexity index is 775. The smallest absolute Gasteiger partial charge is 0.322 e. The predicted octanol–water partition coefficient (Wildman–Crippen LogP) is 4.58. The van der Waals surface area contributed by atoms with E-state index in [-0.39, 0.29) is 23.4 Å². The minimum Gasteiger partial charge on any atom is -0.373 e. The molecule has 0 radical (unpaired) electrons. The van der Waals surface area contributed by atoms with Crippen LogP contribution in [0.25, 0.3) is 0 Å². The number of urea groups is 1. The Morgan fingerprint density at radius 2 is 1.81 bits per heavy atom.